The van der Waals surface area contributed by atoms with Gasteiger partial charge in [-0.2, -0.15) is 0 Å². The van der Waals surface area contributed by atoms with Crippen LogP contribution in [-0.2, 0) is 0 Å². The smallest absolute Gasteiger partial charge is 0.119 e. The van der Waals surface area contributed by atoms with Crippen LogP contribution < -0.4 is 14.2 Å². The molecule has 0 aliphatic rings. The maximum atomic E-state index is 11.7. The van der Waals surface area contributed by atoms with Crippen LogP contribution in [0.5, 0.6) is 17.2 Å². The van der Waals surface area contributed by atoms with Gasteiger partial charge in [0.25, 0.3) is 0 Å². The number of benzene rings is 4. The van der Waals surface area contributed by atoms with Gasteiger partial charge in [-0.25, -0.2) is 0 Å². The van der Waals surface area contributed by atoms with E-state index < -0.39 is 6.10 Å². The minimum Gasteiger partial charge on any atom is -0.497 e. The van der Waals surface area contributed by atoms with Crippen LogP contribution in [0.2, 0.25) is 0 Å². The van der Waals surface area contributed by atoms with Gasteiger partial charge < -0.3 is 24.2 Å². The number of hydrogen-bond donors (Lipinski definition) is 1. The number of methoxy groups -OCH3 is 2. The molecule has 0 saturated carbocycles. The van der Waals surface area contributed by atoms with Gasteiger partial charge in [-0.15, -0.1) is 0 Å². The molecule has 4 aromatic carbocycles. The second-order valence-electron chi connectivity index (χ2n) is 8.69. The number of rotatable bonds is 11. The summed E-state index contributed by atoms with van der Waals surface area (Å²) in [6.07, 6.45) is -0.816. The summed E-state index contributed by atoms with van der Waals surface area (Å²) in [5.41, 5.74) is 3.65. The van der Waals surface area contributed by atoms with Gasteiger partial charge in [0.2, 0.25) is 0 Å². The van der Waals surface area contributed by atoms with E-state index in [-0.39, 0.29) is 0 Å². The van der Waals surface area contributed by atoms with Gasteiger partial charge in [-0.3, -0.25) is 0 Å². The second-order valence-corrected chi connectivity index (χ2v) is 8.69. The van der Waals surface area contributed by atoms with Crippen molar-refractivity contribution in [3.8, 4) is 28.4 Å². The van der Waals surface area contributed by atoms with E-state index in [9.17, 15) is 5.11 Å². The third-order valence-electron chi connectivity index (χ3n) is 6.71. The van der Waals surface area contributed by atoms with E-state index in [2.05, 4.69) is 30.9 Å². The van der Waals surface area contributed by atoms with Crippen molar-refractivity contribution >= 4 is 10.8 Å². The first-order valence-corrected chi connectivity index (χ1v) is 12.5. The van der Waals surface area contributed by atoms with Crippen LogP contribution >= 0.6 is 0 Å². The predicted molar refractivity (Wildman–Crippen MR) is 146 cm³/mol. The van der Waals surface area contributed by atoms with Crippen molar-refractivity contribution in [1.29, 1.82) is 0 Å². The molecule has 1 atom stereocenters. The molecule has 0 heterocycles. The third-order valence-corrected chi connectivity index (χ3v) is 6.71. The molecule has 5 nitrogen and oxygen atoms in total. The molecule has 1 unspecified atom stereocenters. The van der Waals surface area contributed by atoms with E-state index in [1.807, 2.05) is 66.7 Å². The van der Waals surface area contributed by atoms with Crippen LogP contribution in [0.15, 0.2) is 78.9 Å². The van der Waals surface area contributed by atoms with Crippen LogP contribution in [0, 0.1) is 0 Å². The molecule has 0 amide bonds. The average molecular weight is 486 g/mol. The van der Waals surface area contributed by atoms with Crippen LogP contribution in [-0.4, -0.2) is 50.5 Å². The molecule has 0 bridgehead atoms. The van der Waals surface area contributed by atoms with E-state index in [0.29, 0.717) is 6.61 Å². The molecular weight excluding hydrogens is 450 g/mol. The standard InChI is InChI=1S/C31H35NO4/c1-5-32(6-2)19-20-36-26-14-9-23(10-15-26)31(33)30-28(22-7-12-25(34-3)13-8-22)17-11-24-21-27(35-4)16-18-29(24)30/h7-18,21,31,33H,5-6,19-20H2,1-4H3. The van der Waals surface area contributed by atoms with Crippen LogP contribution in [0.25, 0.3) is 21.9 Å². The highest BCUT2D eigenvalue weighted by Crippen LogP contribution is 2.39. The molecule has 1 N–H and O–H groups in total. The molecule has 0 aliphatic heterocycles. The normalized spacial score (nSPS) is 12.1. The molecular formula is C31H35NO4. The van der Waals surface area contributed by atoms with Gasteiger partial charge in [0, 0.05) is 12.1 Å². The Bertz CT molecular complexity index is 1260. The lowest BCUT2D eigenvalue weighted by Gasteiger charge is -2.20. The fourth-order valence-corrected chi connectivity index (χ4v) is 4.52. The first-order valence-electron chi connectivity index (χ1n) is 12.5. The SMILES string of the molecule is CCN(CC)CCOc1ccc(C(O)c2c(-c3ccc(OC)cc3)ccc3cc(OC)ccc23)cc1. The number of aliphatic hydroxyl groups is 1. The molecule has 0 spiro atoms. The van der Waals surface area contributed by atoms with E-state index in [1.54, 1.807) is 14.2 Å². The Labute approximate surface area is 213 Å². The quantitative estimate of drug-likeness (QED) is 0.269. The van der Waals surface area contributed by atoms with Crippen molar-refractivity contribution in [2.24, 2.45) is 0 Å². The van der Waals surface area contributed by atoms with Gasteiger partial charge in [0.15, 0.2) is 0 Å². The summed E-state index contributed by atoms with van der Waals surface area (Å²) in [5.74, 6) is 2.38. The monoisotopic (exact) mass is 485 g/mol. The molecule has 4 rings (SSSR count). The van der Waals surface area contributed by atoms with Crippen LogP contribution in [0.4, 0.5) is 0 Å². The van der Waals surface area contributed by atoms with Gasteiger partial charge in [0.1, 0.15) is 30.0 Å². The number of nitrogens with zero attached hydrogens (tertiary/aromatic N) is 1. The van der Waals surface area contributed by atoms with Crippen molar-refractivity contribution in [2.75, 3.05) is 40.5 Å². The minimum absolute atomic E-state index is 0.635. The van der Waals surface area contributed by atoms with E-state index in [0.717, 1.165) is 69.9 Å². The number of likely N-dealkylation sites (N-methyl/N-ethyl adjacent to an activating group) is 1. The summed E-state index contributed by atoms with van der Waals surface area (Å²) in [5, 5.41) is 13.7. The minimum atomic E-state index is -0.816. The Morgan fingerprint density at radius 1 is 0.750 bits per heavy atom. The van der Waals surface area contributed by atoms with Crippen molar-refractivity contribution in [1.82, 2.24) is 4.90 Å². The Morgan fingerprint density at radius 2 is 1.39 bits per heavy atom. The Morgan fingerprint density at radius 3 is 2.03 bits per heavy atom. The summed E-state index contributed by atoms with van der Waals surface area (Å²) in [4.78, 5) is 2.33. The largest absolute Gasteiger partial charge is 0.497 e. The van der Waals surface area contributed by atoms with Gasteiger partial charge >= 0.3 is 0 Å². The molecule has 0 aliphatic carbocycles. The van der Waals surface area contributed by atoms with Crippen molar-refractivity contribution in [3.63, 3.8) is 0 Å². The van der Waals surface area contributed by atoms with Crippen molar-refractivity contribution in [2.45, 2.75) is 20.0 Å². The first kappa shape index (κ1) is 25.5. The molecule has 36 heavy (non-hydrogen) atoms. The summed E-state index contributed by atoms with van der Waals surface area (Å²) in [6, 6.07) is 25.7. The maximum absolute atomic E-state index is 11.7. The summed E-state index contributed by atoms with van der Waals surface area (Å²) >= 11 is 0. The molecule has 0 radical (unpaired) electrons. The number of aliphatic hydroxyl groups excluding tert-OH is 1. The molecule has 0 fully saturated rings. The number of ether oxygens (including phenoxy) is 3. The lowest BCUT2D eigenvalue weighted by molar-refractivity contribution is 0.219. The van der Waals surface area contributed by atoms with Crippen LogP contribution in [0.3, 0.4) is 0 Å². The summed E-state index contributed by atoms with van der Waals surface area (Å²) in [6.45, 7) is 7.86. The topological polar surface area (TPSA) is 51.2 Å². The fraction of sp³-hybridized carbons (Fsp3) is 0.290. The van der Waals surface area contributed by atoms with Gasteiger partial charge in [0.05, 0.1) is 14.2 Å². The highest BCUT2D eigenvalue weighted by atomic mass is 16.5. The highest BCUT2D eigenvalue weighted by Gasteiger charge is 2.20. The lowest BCUT2D eigenvalue weighted by Crippen LogP contribution is -2.27. The number of fused-ring (bicyclic) bond motifs is 1. The maximum Gasteiger partial charge on any atom is 0.119 e. The molecule has 5 heteroatoms. The molecule has 0 saturated heterocycles. The van der Waals surface area contributed by atoms with Crippen LogP contribution in [0.1, 0.15) is 31.1 Å². The van der Waals surface area contributed by atoms with Gasteiger partial charge in [-0.1, -0.05) is 56.3 Å². The molecule has 188 valence electrons. The van der Waals surface area contributed by atoms with E-state index in [4.69, 9.17) is 14.2 Å². The van der Waals surface area contributed by atoms with Crippen molar-refractivity contribution in [3.05, 3.63) is 90.0 Å². The van der Waals surface area contributed by atoms with E-state index >= 15 is 0 Å². The third kappa shape index (κ3) is 5.64. The summed E-state index contributed by atoms with van der Waals surface area (Å²) in [7, 11) is 3.32. The second kappa shape index (κ2) is 11.9. The highest BCUT2D eigenvalue weighted by molar-refractivity contribution is 5.93. The Hall–Kier alpha value is -3.54. The zero-order valence-corrected chi connectivity index (χ0v) is 21.5. The predicted octanol–water partition coefficient (Wildman–Crippen LogP) is 6.33. The van der Waals surface area contributed by atoms with Gasteiger partial charge in [-0.05, 0) is 77.0 Å². The fourth-order valence-electron chi connectivity index (χ4n) is 4.52. The number of hydrogen-bond acceptors (Lipinski definition) is 5. The molecule has 0 aromatic heterocycles. The molecule has 4 aromatic rings. The zero-order valence-electron chi connectivity index (χ0n) is 21.5. The summed E-state index contributed by atoms with van der Waals surface area (Å²) < 4.78 is 16.7. The first-order chi connectivity index (χ1) is 17.6. The Balaban J connectivity index is 1.68. The average Bonchev–Trinajstić information content (AvgIpc) is 2.94. The zero-order chi connectivity index (χ0) is 25.5. The lowest BCUT2D eigenvalue weighted by atomic mass is 9.88. The Kier molecular flexibility index (Phi) is 8.47. The van der Waals surface area contributed by atoms with Crippen molar-refractivity contribution < 1.29 is 19.3 Å². The van der Waals surface area contributed by atoms with E-state index in [1.165, 1.54) is 0 Å².